The molecule has 2 rings (SSSR count). The Labute approximate surface area is 252 Å². The van der Waals surface area contributed by atoms with Crippen LogP contribution in [-0.2, 0) is 28.3 Å². The molecule has 0 bridgehead atoms. The highest BCUT2D eigenvalue weighted by atomic mass is 35.5. The third-order valence-electron chi connectivity index (χ3n) is 7.13. The maximum Gasteiger partial charge on any atom is 0.339 e. The van der Waals surface area contributed by atoms with Crippen LogP contribution in [0.15, 0.2) is 41.5 Å². The van der Waals surface area contributed by atoms with Gasteiger partial charge in [-0.1, -0.05) is 50.6 Å². The Bertz CT molecular complexity index is 1200. The minimum absolute atomic E-state index is 0.0102. The van der Waals surface area contributed by atoms with E-state index in [1.807, 2.05) is 6.08 Å². The zero-order valence-electron chi connectivity index (χ0n) is 26.8. The molecule has 0 fully saturated rings. The van der Waals surface area contributed by atoms with E-state index in [9.17, 15) is 14.4 Å². The van der Waals surface area contributed by atoms with Crippen LogP contribution < -0.4 is 5.32 Å². The van der Waals surface area contributed by atoms with Gasteiger partial charge in [-0.2, -0.15) is 0 Å². The van der Waals surface area contributed by atoms with Gasteiger partial charge < -0.3 is 19.2 Å². The summed E-state index contributed by atoms with van der Waals surface area (Å²) in [6.45, 7) is 23.2. The Kier molecular flexibility index (Phi) is 10.9. The predicted octanol–water partition coefficient (Wildman–Crippen LogP) is 7.25. The largest absolute Gasteiger partial charge is 0.457 e. The third kappa shape index (κ3) is 9.82. The Hall–Kier alpha value is -2.42. The molecule has 0 spiro atoms. The summed E-state index contributed by atoms with van der Waals surface area (Å²) in [5.74, 6) is -2.14. The van der Waals surface area contributed by atoms with Crippen LogP contribution in [0.2, 0.25) is 23.2 Å². The molecule has 41 heavy (non-hydrogen) atoms. The van der Waals surface area contributed by atoms with E-state index in [0.29, 0.717) is 29.2 Å². The molecule has 0 saturated carbocycles. The zero-order valence-corrected chi connectivity index (χ0v) is 28.5. The number of nitrogens with one attached hydrogen (secondary N) is 1. The average Bonchev–Trinajstić information content (AvgIpc) is 2.76. The SMILES string of the molecule is CC(=O)N[C@H]1C=C(c2ccc(Cl)cc2)C(C(=O)OC(C)(C)C)=C(C(=O)OC(C)(C)C)[C@H]1CCO[Si](C)(C)C(C)(C)C. The fourth-order valence-corrected chi connectivity index (χ4v) is 5.44. The molecule has 7 nitrogen and oxygen atoms in total. The second-order valence-corrected chi connectivity index (χ2v) is 19.4. The van der Waals surface area contributed by atoms with Crippen LogP contribution in [-0.4, -0.2) is 50.0 Å². The maximum atomic E-state index is 14.0. The van der Waals surface area contributed by atoms with Crippen LogP contribution in [0, 0.1) is 5.92 Å². The highest BCUT2D eigenvalue weighted by molar-refractivity contribution is 6.74. The minimum atomic E-state index is -2.11. The number of hydrogen-bond donors (Lipinski definition) is 1. The van der Waals surface area contributed by atoms with Crippen molar-refractivity contribution in [2.24, 2.45) is 5.92 Å². The number of carbonyl (C=O) groups excluding carboxylic acids is 3. The van der Waals surface area contributed by atoms with Gasteiger partial charge in [-0.05, 0) is 89.4 Å². The van der Waals surface area contributed by atoms with Gasteiger partial charge >= 0.3 is 11.9 Å². The molecular weight excluding hydrogens is 558 g/mol. The van der Waals surface area contributed by atoms with E-state index in [1.165, 1.54) is 6.92 Å². The third-order valence-corrected chi connectivity index (χ3v) is 11.9. The number of carbonyl (C=O) groups is 3. The number of hydrogen-bond acceptors (Lipinski definition) is 6. The molecule has 0 saturated heterocycles. The molecule has 1 N–H and O–H groups in total. The smallest absolute Gasteiger partial charge is 0.339 e. The second-order valence-electron chi connectivity index (χ2n) is 14.1. The van der Waals surface area contributed by atoms with E-state index in [0.717, 1.165) is 0 Å². The van der Waals surface area contributed by atoms with Crippen molar-refractivity contribution in [3.8, 4) is 0 Å². The molecule has 1 aromatic carbocycles. The molecule has 1 amide bonds. The number of esters is 2. The first kappa shape index (κ1) is 34.8. The summed E-state index contributed by atoms with van der Waals surface area (Å²) in [6.07, 6.45) is 2.21. The van der Waals surface area contributed by atoms with Gasteiger partial charge in [-0.15, -0.1) is 0 Å². The molecule has 1 aliphatic rings. The van der Waals surface area contributed by atoms with Crippen LogP contribution in [0.5, 0.6) is 0 Å². The van der Waals surface area contributed by atoms with E-state index in [4.69, 9.17) is 25.5 Å². The number of benzene rings is 1. The Morgan fingerprint density at radius 1 is 0.878 bits per heavy atom. The summed E-state index contributed by atoms with van der Waals surface area (Å²) in [6, 6.07) is 6.37. The second kappa shape index (κ2) is 12.8. The van der Waals surface area contributed by atoms with Crippen molar-refractivity contribution in [1.29, 1.82) is 0 Å². The van der Waals surface area contributed by atoms with Crippen molar-refractivity contribution in [1.82, 2.24) is 5.32 Å². The van der Waals surface area contributed by atoms with Gasteiger partial charge in [-0.3, -0.25) is 4.79 Å². The highest BCUT2D eigenvalue weighted by Crippen LogP contribution is 2.41. The number of halogens is 1. The first-order valence-corrected chi connectivity index (χ1v) is 17.4. The number of ether oxygens (including phenoxy) is 2. The summed E-state index contributed by atoms with van der Waals surface area (Å²) in [5.41, 5.74) is -0.227. The molecule has 9 heteroatoms. The molecule has 0 radical (unpaired) electrons. The lowest BCUT2D eigenvalue weighted by Crippen LogP contribution is -2.46. The zero-order chi connectivity index (χ0) is 31.6. The molecule has 0 unspecified atom stereocenters. The molecule has 1 aromatic rings. The van der Waals surface area contributed by atoms with E-state index in [2.05, 4.69) is 39.2 Å². The predicted molar refractivity (Wildman–Crippen MR) is 167 cm³/mol. The lowest BCUT2D eigenvalue weighted by Gasteiger charge is -2.38. The monoisotopic (exact) mass is 605 g/mol. The quantitative estimate of drug-likeness (QED) is 0.248. The molecule has 0 aliphatic heterocycles. The van der Waals surface area contributed by atoms with Gasteiger partial charge in [-0.25, -0.2) is 9.59 Å². The van der Waals surface area contributed by atoms with Crippen LogP contribution in [0.4, 0.5) is 0 Å². The summed E-state index contributed by atoms with van der Waals surface area (Å²) >= 11 is 6.17. The van der Waals surface area contributed by atoms with Crippen molar-refractivity contribution >= 4 is 43.3 Å². The topological polar surface area (TPSA) is 90.9 Å². The Morgan fingerprint density at radius 2 is 1.39 bits per heavy atom. The first-order chi connectivity index (χ1) is 18.5. The van der Waals surface area contributed by atoms with Crippen LogP contribution in [0.1, 0.15) is 81.2 Å². The normalized spacial score (nSPS) is 18.5. The van der Waals surface area contributed by atoms with Crippen LogP contribution >= 0.6 is 11.6 Å². The van der Waals surface area contributed by atoms with E-state index < -0.39 is 43.4 Å². The maximum absolute atomic E-state index is 14.0. The summed E-state index contributed by atoms with van der Waals surface area (Å²) in [4.78, 5) is 40.3. The molecule has 228 valence electrons. The molecule has 0 aromatic heterocycles. The minimum Gasteiger partial charge on any atom is -0.457 e. The molecule has 1 aliphatic carbocycles. The summed E-state index contributed by atoms with van der Waals surface area (Å²) in [7, 11) is -2.11. The fraction of sp³-hybridized carbons (Fsp3) is 0.594. The molecule has 2 atom stereocenters. The van der Waals surface area contributed by atoms with Crippen molar-refractivity contribution in [2.45, 2.75) is 111 Å². The van der Waals surface area contributed by atoms with Crippen LogP contribution in [0.3, 0.4) is 0 Å². The van der Waals surface area contributed by atoms with E-state index in [-0.39, 0.29) is 22.1 Å². The van der Waals surface area contributed by atoms with Gasteiger partial charge in [0.1, 0.15) is 11.2 Å². The number of amides is 1. The lowest BCUT2D eigenvalue weighted by atomic mass is 9.76. The standard InChI is InChI=1S/C32H48ClNO6Si/c1-20(35)34-25-19-24(21-13-15-22(33)16-14-21)27(29(37)40-31(5,6)7)26(28(36)39-30(2,3)4)23(25)17-18-38-41(11,12)32(8,9)10/h13-16,19,23,25H,17-18H2,1-12H3,(H,34,35)/t23-,25-/m0/s1. The Balaban J connectivity index is 2.82. The van der Waals surface area contributed by atoms with Gasteiger partial charge in [0.15, 0.2) is 8.32 Å². The summed E-state index contributed by atoms with van der Waals surface area (Å²) in [5, 5.41) is 3.51. The fourth-order valence-electron chi connectivity index (χ4n) is 4.25. The van der Waals surface area contributed by atoms with Gasteiger partial charge in [0, 0.05) is 24.5 Å². The van der Waals surface area contributed by atoms with Crippen molar-refractivity contribution in [3.63, 3.8) is 0 Å². The first-order valence-electron chi connectivity index (χ1n) is 14.1. The Morgan fingerprint density at radius 3 is 1.85 bits per heavy atom. The van der Waals surface area contributed by atoms with E-state index >= 15 is 0 Å². The molecule has 0 heterocycles. The van der Waals surface area contributed by atoms with E-state index in [1.54, 1.807) is 65.8 Å². The van der Waals surface area contributed by atoms with Crippen molar-refractivity contribution in [2.75, 3.05) is 6.61 Å². The van der Waals surface area contributed by atoms with Crippen molar-refractivity contribution in [3.05, 3.63) is 52.1 Å². The van der Waals surface area contributed by atoms with Gasteiger partial charge in [0.25, 0.3) is 0 Å². The summed E-state index contributed by atoms with van der Waals surface area (Å²) < 4.78 is 18.2. The lowest BCUT2D eigenvalue weighted by molar-refractivity contribution is -0.154. The molecular formula is C32H48ClNO6Si. The van der Waals surface area contributed by atoms with Crippen LogP contribution in [0.25, 0.3) is 5.57 Å². The van der Waals surface area contributed by atoms with Gasteiger partial charge in [0.2, 0.25) is 5.91 Å². The number of rotatable bonds is 8. The highest BCUT2D eigenvalue weighted by Gasteiger charge is 2.43. The van der Waals surface area contributed by atoms with Crippen molar-refractivity contribution < 1.29 is 28.3 Å². The average molecular weight is 606 g/mol. The van der Waals surface area contributed by atoms with Gasteiger partial charge in [0.05, 0.1) is 17.2 Å².